The SMILES string of the molecule is CCNc1ccc(Cl)cc1C(=O)Nc1cc(Cl)ccc1C. The molecule has 2 aromatic carbocycles. The van der Waals surface area contributed by atoms with Gasteiger partial charge < -0.3 is 10.6 Å². The van der Waals surface area contributed by atoms with Crippen LogP contribution >= 0.6 is 23.2 Å². The molecule has 0 saturated heterocycles. The average molecular weight is 323 g/mol. The van der Waals surface area contributed by atoms with Gasteiger partial charge in [-0.1, -0.05) is 29.3 Å². The first-order valence-electron chi connectivity index (χ1n) is 6.62. The summed E-state index contributed by atoms with van der Waals surface area (Å²) in [5.41, 5.74) is 2.89. The van der Waals surface area contributed by atoms with Gasteiger partial charge in [-0.3, -0.25) is 4.79 Å². The van der Waals surface area contributed by atoms with Crippen LogP contribution in [-0.4, -0.2) is 12.5 Å². The number of carbonyl (C=O) groups is 1. The van der Waals surface area contributed by atoms with Gasteiger partial charge >= 0.3 is 0 Å². The molecule has 21 heavy (non-hydrogen) atoms. The van der Waals surface area contributed by atoms with Gasteiger partial charge in [0.05, 0.1) is 5.56 Å². The lowest BCUT2D eigenvalue weighted by Gasteiger charge is -2.13. The standard InChI is InChI=1S/C16H16Cl2N2O/c1-3-19-14-7-6-11(17)8-13(14)16(21)20-15-9-12(18)5-4-10(15)2/h4-9,19H,3H2,1-2H3,(H,20,21). The van der Waals surface area contributed by atoms with Crippen molar-refractivity contribution < 1.29 is 4.79 Å². The molecule has 0 atom stereocenters. The minimum absolute atomic E-state index is 0.223. The Labute approximate surface area is 134 Å². The van der Waals surface area contributed by atoms with Crippen molar-refractivity contribution in [3.8, 4) is 0 Å². The van der Waals surface area contributed by atoms with Crippen LogP contribution in [0.25, 0.3) is 0 Å². The molecule has 2 N–H and O–H groups in total. The third-order valence-corrected chi connectivity index (χ3v) is 3.51. The van der Waals surface area contributed by atoms with Gasteiger partial charge in [0.1, 0.15) is 0 Å². The molecular formula is C16H16Cl2N2O. The summed E-state index contributed by atoms with van der Waals surface area (Å²) in [6.07, 6.45) is 0. The van der Waals surface area contributed by atoms with Gasteiger partial charge in [-0.25, -0.2) is 0 Å². The van der Waals surface area contributed by atoms with Crippen molar-refractivity contribution in [2.45, 2.75) is 13.8 Å². The minimum atomic E-state index is -0.223. The van der Waals surface area contributed by atoms with Crippen molar-refractivity contribution in [1.29, 1.82) is 0 Å². The van der Waals surface area contributed by atoms with E-state index in [4.69, 9.17) is 23.2 Å². The highest BCUT2D eigenvalue weighted by molar-refractivity contribution is 6.31. The van der Waals surface area contributed by atoms with E-state index in [2.05, 4.69) is 10.6 Å². The molecule has 0 unspecified atom stereocenters. The zero-order chi connectivity index (χ0) is 15.4. The fraction of sp³-hybridized carbons (Fsp3) is 0.188. The number of benzene rings is 2. The van der Waals surface area contributed by atoms with E-state index in [1.165, 1.54) is 0 Å². The maximum atomic E-state index is 12.5. The van der Waals surface area contributed by atoms with Crippen LogP contribution in [-0.2, 0) is 0 Å². The molecule has 2 rings (SSSR count). The highest BCUT2D eigenvalue weighted by atomic mass is 35.5. The number of hydrogen-bond acceptors (Lipinski definition) is 2. The van der Waals surface area contributed by atoms with Gasteiger partial charge in [-0.05, 0) is 49.7 Å². The lowest BCUT2D eigenvalue weighted by Crippen LogP contribution is -2.15. The quantitative estimate of drug-likeness (QED) is 0.832. The second kappa shape index (κ2) is 6.83. The predicted molar refractivity (Wildman–Crippen MR) is 89.8 cm³/mol. The summed E-state index contributed by atoms with van der Waals surface area (Å²) in [7, 11) is 0. The van der Waals surface area contributed by atoms with Crippen LogP contribution in [0.5, 0.6) is 0 Å². The number of carbonyl (C=O) groups excluding carboxylic acids is 1. The molecule has 0 heterocycles. The number of aryl methyl sites for hydroxylation is 1. The lowest BCUT2D eigenvalue weighted by molar-refractivity contribution is 0.102. The van der Waals surface area contributed by atoms with Crippen molar-refractivity contribution in [3.05, 3.63) is 57.6 Å². The van der Waals surface area contributed by atoms with Gasteiger partial charge in [0.25, 0.3) is 5.91 Å². The molecule has 0 saturated carbocycles. The van der Waals surface area contributed by atoms with E-state index in [0.717, 1.165) is 17.8 Å². The van der Waals surface area contributed by atoms with Crippen molar-refractivity contribution in [2.24, 2.45) is 0 Å². The number of amides is 1. The summed E-state index contributed by atoms with van der Waals surface area (Å²) < 4.78 is 0. The van der Waals surface area contributed by atoms with E-state index < -0.39 is 0 Å². The van der Waals surface area contributed by atoms with Crippen molar-refractivity contribution in [3.63, 3.8) is 0 Å². The summed E-state index contributed by atoms with van der Waals surface area (Å²) in [6, 6.07) is 10.6. The van der Waals surface area contributed by atoms with Gasteiger partial charge in [0, 0.05) is 28.0 Å². The Morgan fingerprint density at radius 3 is 2.43 bits per heavy atom. The maximum Gasteiger partial charge on any atom is 0.257 e. The Kier molecular flexibility index (Phi) is 5.10. The van der Waals surface area contributed by atoms with E-state index in [9.17, 15) is 4.79 Å². The topological polar surface area (TPSA) is 41.1 Å². The average Bonchev–Trinajstić information content (AvgIpc) is 2.45. The normalized spacial score (nSPS) is 10.3. The molecular weight excluding hydrogens is 307 g/mol. The van der Waals surface area contributed by atoms with E-state index in [1.807, 2.05) is 19.9 Å². The highest BCUT2D eigenvalue weighted by Crippen LogP contribution is 2.24. The van der Waals surface area contributed by atoms with Gasteiger partial charge in [-0.2, -0.15) is 0 Å². The summed E-state index contributed by atoms with van der Waals surface area (Å²) in [5, 5.41) is 7.12. The smallest absolute Gasteiger partial charge is 0.257 e. The number of anilines is 2. The first kappa shape index (κ1) is 15.7. The van der Waals surface area contributed by atoms with Crippen LogP contribution in [0.15, 0.2) is 36.4 Å². The summed E-state index contributed by atoms with van der Waals surface area (Å²) in [6.45, 7) is 4.60. The van der Waals surface area contributed by atoms with Gasteiger partial charge in [0.2, 0.25) is 0 Å². The Bertz CT molecular complexity index is 671. The third kappa shape index (κ3) is 3.90. The van der Waals surface area contributed by atoms with E-state index >= 15 is 0 Å². The second-order valence-corrected chi connectivity index (χ2v) is 5.51. The van der Waals surface area contributed by atoms with Crippen molar-refractivity contribution in [2.75, 3.05) is 17.2 Å². The molecule has 5 heteroatoms. The Morgan fingerprint density at radius 2 is 1.71 bits per heavy atom. The largest absolute Gasteiger partial charge is 0.385 e. The van der Waals surface area contributed by atoms with Gasteiger partial charge in [0.15, 0.2) is 0 Å². The Hall–Kier alpha value is -1.71. The fourth-order valence-corrected chi connectivity index (χ4v) is 2.31. The molecule has 0 aromatic heterocycles. The van der Waals surface area contributed by atoms with Crippen molar-refractivity contribution in [1.82, 2.24) is 0 Å². The molecule has 0 radical (unpaired) electrons. The second-order valence-electron chi connectivity index (χ2n) is 4.63. The van der Waals surface area contributed by atoms with Crippen LogP contribution in [0.1, 0.15) is 22.8 Å². The van der Waals surface area contributed by atoms with Crippen LogP contribution in [0.4, 0.5) is 11.4 Å². The third-order valence-electron chi connectivity index (χ3n) is 3.04. The molecule has 110 valence electrons. The first-order chi connectivity index (χ1) is 10.0. The first-order valence-corrected chi connectivity index (χ1v) is 7.37. The number of rotatable bonds is 4. The van der Waals surface area contributed by atoms with Crippen LogP contribution in [0.3, 0.4) is 0 Å². The number of hydrogen-bond donors (Lipinski definition) is 2. The summed E-state index contributed by atoms with van der Waals surface area (Å²) in [4.78, 5) is 12.5. The number of halogens is 2. The molecule has 2 aromatic rings. The maximum absolute atomic E-state index is 12.5. The lowest BCUT2D eigenvalue weighted by atomic mass is 10.1. The molecule has 0 aliphatic carbocycles. The molecule has 1 amide bonds. The zero-order valence-electron chi connectivity index (χ0n) is 11.8. The molecule has 0 bridgehead atoms. The van der Waals surface area contributed by atoms with Crippen LogP contribution in [0, 0.1) is 6.92 Å². The molecule has 3 nitrogen and oxygen atoms in total. The van der Waals surface area contributed by atoms with E-state index in [0.29, 0.717) is 21.3 Å². The summed E-state index contributed by atoms with van der Waals surface area (Å²) in [5.74, 6) is -0.223. The highest BCUT2D eigenvalue weighted by Gasteiger charge is 2.13. The number of nitrogens with one attached hydrogen (secondary N) is 2. The molecule has 0 fully saturated rings. The Morgan fingerprint density at radius 1 is 1.05 bits per heavy atom. The van der Waals surface area contributed by atoms with Crippen LogP contribution < -0.4 is 10.6 Å². The van der Waals surface area contributed by atoms with Crippen LogP contribution in [0.2, 0.25) is 10.0 Å². The Balaban J connectivity index is 2.31. The monoisotopic (exact) mass is 322 g/mol. The minimum Gasteiger partial charge on any atom is -0.385 e. The van der Waals surface area contributed by atoms with Crippen molar-refractivity contribution >= 4 is 40.5 Å². The van der Waals surface area contributed by atoms with E-state index in [-0.39, 0.29) is 5.91 Å². The predicted octanol–water partition coefficient (Wildman–Crippen LogP) is 4.99. The molecule has 0 aliphatic heterocycles. The van der Waals surface area contributed by atoms with E-state index in [1.54, 1.807) is 30.3 Å². The summed E-state index contributed by atoms with van der Waals surface area (Å²) >= 11 is 12.0. The van der Waals surface area contributed by atoms with Gasteiger partial charge in [-0.15, -0.1) is 0 Å². The zero-order valence-corrected chi connectivity index (χ0v) is 13.3. The molecule has 0 aliphatic rings. The molecule has 0 spiro atoms. The fourth-order valence-electron chi connectivity index (χ4n) is 1.97.